The van der Waals surface area contributed by atoms with Gasteiger partial charge in [0.25, 0.3) is 0 Å². The van der Waals surface area contributed by atoms with Crippen molar-refractivity contribution in [3.63, 3.8) is 0 Å². The van der Waals surface area contributed by atoms with Gasteiger partial charge in [0.15, 0.2) is 0 Å². The van der Waals surface area contributed by atoms with Crippen LogP contribution >= 0.6 is 0 Å². The molecule has 1 rings (SSSR count). The van der Waals surface area contributed by atoms with Crippen LogP contribution in [0.4, 0.5) is 5.95 Å². The summed E-state index contributed by atoms with van der Waals surface area (Å²) in [4.78, 5) is 11.4. The Morgan fingerprint density at radius 2 is 1.47 bits per heavy atom. The number of ether oxygens (including phenoxy) is 2. The average Bonchev–Trinajstić information content (AvgIpc) is 2.23. The molecule has 1 aromatic heterocycles. The summed E-state index contributed by atoms with van der Waals surface area (Å²) in [5, 5.41) is 0. The maximum atomic E-state index is 5.43. The summed E-state index contributed by atoms with van der Waals surface area (Å²) in [6, 6.07) is 0.225. The van der Waals surface area contributed by atoms with E-state index in [1.54, 1.807) is 12.2 Å². The first-order chi connectivity index (χ1) is 7.26. The summed E-state index contributed by atoms with van der Waals surface area (Å²) >= 11 is 0. The number of nitrogens with zero attached hydrogens (tertiary/aromatic N) is 3. The van der Waals surface area contributed by atoms with E-state index in [4.69, 9.17) is 15.2 Å². The van der Waals surface area contributed by atoms with Crippen molar-refractivity contribution in [1.82, 2.24) is 15.0 Å². The van der Waals surface area contributed by atoms with Crippen LogP contribution in [0.25, 0.3) is 0 Å². The molecule has 15 heavy (non-hydrogen) atoms. The lowest BCUT2D eigenvalue weighted by molar-refractivity contribution is 0.299. The molecule has 0 bridgehead atoms. The van der Waals surface area contributed by atoms with Gasteiger partial charge in [-0.15, -0.1) is 4.98 Å². The molecule has 0 amide bonds. The fourth-order valence-corrected chi connectivity index (χ4v) is 0.749. The van der Waals surface area contributed by atoms with E-state index in [0.29, 0.717) is 13.2 Å². The topological polar surface area (TPSA) is 83.2 Å². The van der Waals surface area contributed by atoms with Crippen LogP contribution in [0.5, 0.6) is 12.0 Å². The largest absolute Gasteiger partial charge is 0.459 e. The van der Waals surface area contributed by atoms with E-state index in [1.165, 1.54) is 0 Å². The molecule has 0 spiro atoms. The summed E-state index contributed by atoms with van der Waals surface area (Å²) in [5.74, 6) is 0.0446. The number of nitrogen functional groups attached to an aromatic ring is 1. The van der Waals surface area contributed by atoms with Crippen molar-refractivity contribution in [1.29, 1.82) is 0 Å². The summed E-state index contributed by atoms with van der Waals surface area (Å²) < 4.78 is 10.2. The highest BCUT2D eigenvalue weighted by Gasteiger charge is 2.05. The van der Waals surface area contributed by atoms with Crippen molar-refractivity contribution in [3.05, 3.63) is 25.3 Å². The van der Waals surface area contributed by atoms with Gasteiger partial charge in [-0.25, -0.2) is 0 Å². The molecule has 0 radical (unpaired) electrons. The summed E-state index contributed by atoms with van der Waals surface area (Å²) in [6.45, 7) is 7.59. The van der Waals surface area contributed by atoms with Crippen LogP contribution in [0.2, 0.25) is 0 Å². The van der Waals surface area contributed by atoms with Crippen LogP contribution in [0.1, 0.15) is 0 Å². The molecule has 1 aromatic rings. The molecule has 0 fully saturated rings. The zero-order valence-corrected chi connectivity index (χ0v) is 8.22. The Balaban J connectivity index is 2.74. The second-order valence-corrected chi connectivity index (χ2v) is 2.46. The van der Waals surface area contributed by atoms with Gasteiger partial charge in [0.1, 0.15) is 13.2 Å². The minimum Gasteiger partial charge on any atom is -0.459 e. The molecule has 0 aliphatic rings. The van der Waals surface area contributed by atoms with E-state index in [0.717, 1.165) is 0 Å². The number of hydrogen-bond acceptors (Lipinski definition) is 6. The van der Waals surface area contributed by atoms with Crippen molar-refractivity contribution >= 4 is 5.95 Å². The Morgan fingerprint density at radius 3 is 1.87 bits per heavy atom. The molecule has 80 valence electrons. The van der Waals surface area contributed by atoms with Crippen LogP contribution in [-0.4, -0.2) is 28.2 Å². The fraction of sp³-hybridized carbons (Fsp3) is 0.222. The Labute approximate surface area is 87.5 Å². The molecule has 0 unspecified atom stereocenters. The molecule has 0 atom stereocenters. The zero-order valence-electron chi connectivity index (χ0n) is 8.22. The van der Waals surface area contributed by atoms with Gasteiger partial charge in [0.05, 0.1) is 0 Å². The minimum atomic E-state index is 0.0446. The van der Waals surface area contributed by atoms with Crippen LogP contribution in [0.3, 0.4) is 0 Å². The number of nitrogens with two attached hydrogens (primary N) is 1. The van der Waals surface area contributed by atoms with Crippen molar-refractivity contribution < 1.29 is 9.47 Å². The highest BCUT2D eigenvalue weighted by Crippen LogP contribution is 2.10. The first kappa shape index (κ1) is 11.0. The van der Waals surface area contributed by atoms with Gasteiger partial charge in [-0.2, -0.15) is 9.97 Å². The third-order valence-electron chi connectivity index (χ3n) is 1.27. The van der Waals surface area contributed by atoms with Crippen LogP contribution in [0, 0.1) is 0 Å². The molecule has 1 heterocycles. The third kappa shape index (κ3) is 3.63. The highest BCUT2D eigenvalue weighted by atomic mass is 16.5. The lowest BCUT2D eigenvalue weighted by Crippen LogP contribution is -2.06. The summed E-state index contributed by atoms with van der Waals surface area (Å²) in [5.41, 5.74) is 5.43. The SMILES string of the molecule is C=CCOc1nc(N)nc(OCC=C)n1. The minimum absolute atomic E-state index is 0.0446. The van der Waals surface area contributed by atoms with Gasteiger partial charge >= 0.3 is 12.0 Å². The molecule has 0 aromatic carbocycles. The maximum Gasteiger partial charge on any atom is 0.324 e. The lowest BCUT2D eigenvalue weighted by atomic mass is 10.7. The van der Waals surface area contributed by atoms with Gasteiger partial charge in [-0.3, -0.25) is 0 Å². The van der Waals surface area contributed by atoms with Crippen molar-refractivity contribution in [2.24, 2.45) is 0 Å². The predicted molar refractivity (Wildman–Crippen MR) is 55.6 cm³/mol. The molecule has 6 nitrogen and oxygen atoms in total. The highest BCUT2D eigenvalue weighted by molar-refractivity contribution is 5.20. The summed E-state index contributed by atoms with van der Waals surface area (Å²) in [7, 11) is 0. The number of aromatic nitrogens is 3. The molecule has 6 heteroatoms. The van der Waals surface area contributed by atoms with E-state index < -0.39 is 0 Å². The second-order valence-electron chi connectivity index (χ2n) is 2.46. The smallest absolute Gasteiger partial charge is 0.324 e. The number of rotatable bonds is 6. The van der Waals surface area contributed by atoms with E-state index in [9.17, 15) is 0 Å². The molecule has 0 aliphatic carbocycles. The molecule has 0 aliphatic heterocycles. The van der Waals surface area contributed by atoms with Crippen molar-refractivity contribution in [2.75, 3.05) is 18.9 Å². The van der Waals surface area contributed by atoms with E-state index in [-0.39, 0.29) is 18.0 Å². The van der Waals surface area contributed by atoms with E-state index in [2.05, 4.69) is 28.1 Å². The van der Waals surface area contributed by atoms with Gasteiger partial charge in [0, 0.05) is 0 Å². The number of hydrogen-bond donors (Lipinski definition) is 1. The normalized spacial score (nSPS) is 9.33. The zero-order chi connectivity index (χ0) is 11.1. The van der Waals surface area contributed by atoms with Gasteiger partial charge in [0.2, 0.25) is 5.95 Å². The lowest BCUT2D eigenvalue weighted by Gasteiger charge is -2.04. The molecular formula is C9H12N4O2. The first-order valence-electron chi connectivity index (χ1n) is 4.25. The van der Waals surface area contributed by atoms with E-state index in [1.807, 2.05) is 0 Å². The fourth-order valence-electron chi connectivity index (χ4n) is 0.749. The predicted octanol–water partition coefficient (Wildman–Crippen LogP) is 0.583. The van der Waals surface area contributed by atoms with Crippen molar-refractivity contribution in [3.8, 4) is 12.0 Å². The Morgan fingerprint density at radius 1 is 1.00 bits per heavy atom. The van der Waals surface area contributed by atoms with Gasteiger partial charge in [-0.1, -0.05) is 25.3 Å². The van der Waals surface area contributed by atoms with Crippen LogP contribution in [-0.2, 0) is 0 Å². The van der Waals surface area contributed by atoms with Gasteiger partial charge < -0.3 is 15.2 Å². The van der Waals surface area contributed by atoms with Crippen molar-refractivity contribution in [2.45, 2.75) is 0 Å². The first-order valence-corrected chi connectivity index (χ1v) is 4.25. The molecule has 2 N–H and O–H groups in total. The maximum absolute atomic E-state index is 5.43. The second kappa shape index (κ2) is 5.58. The Bertz CT molecular complexity index is 324. The van der Waals surface area contributed by atoms with E-state index >= 15 is 0 Å². The standard InChI is InChI=1S/C9H12N4O2/c1-3-5-14-8-11-7(10)12-9(13-8)15-6-4-2/h3-4H,1-2,5-6H2,(H2,10,11,12,13). The molecular weight excluding hydrogens is 196 g/mol. The average molecular weight is 208 g/mol. The summed E-state index contributed by atoms with van der Waals surface area (Å²) in [6.07, 6.45) is 3.15. The van der Waals surface area contributed by atoms with Crippen LogP contribution in [0.15, 0.2) is 25.3 Å². The quantitative estimate of drug-likeness (QED) is 0.688. The van der Waals surface area contributed by atoms with Gasteiger partial charge in [-0.05, 0) is 0 Å². The number of anilines is 1. The Kier molecular flexibility index (Phi) is 4.08. The third-order valence-corrected chi connectivity index (χ3v) is 1.27. The Hall–Kier alpha value is -2.11. The molecule has 0 saturated carbocycles. The monoisotopic (exact) mass is 208 g/mol. The molecule has 0 saturated heterocycles. The van der Waals surface area contributed by atoms with Crippen LogP contribution < -0.4 is 15.2 Å².